The molecule has 1 aromatic carbocycles. The van der Waals surface area contributed by atoms with E-state index in [-0.39, 0.29) is 10.7 Å². The Kier molecular flexibility index (Phi) is 5.05. The molecule has 0 atom stereocenters. The second-order valence-corrected chi connectivity index (χ2v) is 3.74. The maximum Gasteiger partial charge on any atom is 0.319 e. The lowest BCUT2D eigenvalue weighted by Crippen LogP contribution is -2.29. The highest BCUT2D eigenvalue weighted by atomic mass is 35.5. The summed E-state index contributed by atoms with van der Waals surface area (Å²) >= 11 is 5.75. The monoisotopic (exact) mass is 244 g/mol. The molecule has 2 amide bonds. The number of hydrogen-bond donors (Lipinski definition) is 2. The van der Waals surface area contributed by atoms with Gasteiger partial charge in [0.05, 0.1) is 10.7 Å². The molecule has 0 aromatic heterocycles. The van der Waals surface area contributed by atoms with Gasteiger partial charge < -0.3 is 10.6 Å². The highest BCUT2D eigenvalue weighted by Crippen LogP contribution is 2.24. The molecular formula is C11H14ClFN2O. The van der Waals surface area contributed by atoms with Gasteiger partial charge in [-0.15, -0.1) is 0 Å². The highest BCUT2D eigenvalue weighted by molar-refractivity contribution is 6.33. The number of unbranched alkanes of at least 4 members (excludes halogenated alkanes) is 1. The number of benzene rings is 1. The number of anilines is 1. The van der Waals surface area contributed by atoms with Crippen LogP contribution in [0.5, 0.6) is 0 Å². The Morgan fingerprint density at radius 2 is 2.25 bits per heavy atom. The van der Waals surface area contributed by atoms with Crippen molar-refractivity contribution in [1.82, 2.24) is 5.32 Å². The summed E-state index contributed by atoms with van der Waals surface area (Å²) in [6, 6.07) is 3.80. The van der Waals surface area contributed by atoms with Gasteiger partial charge in [-0.2, -0.15) is 0 Å². The number of para-hydroxylation sites is 1. The predicted octanol–water partition coefficient (Wildman–Crippen LogP) is 3.40. The van der Waals surface area contributed by atoms with Crippen LogP contribution in [0.2, 0.25) is 5.02 Å². The van der Waals surface area contributed by atoms with E-state index >= 15 is 0 Å². The number of rotatable bonds is 4. The highest BCUT2D eigenvalue weighted by Gasteiger charge is 2.09. The first-order valence-corrected chi connectivity index (χ1v) is 5.51. The fourth-order valence-electron chi connectivity index (χ4n) is 1.15. The first kappa shape index (κ1) is 12.8. The number of carbonyl (C=O) groups is 1. The van der Waals surface area contributed by atoms with Crippen molar-refractivity contribution in [2.24, 2.45) is 0 Å². The van der Waals surface area contributed by atoms with Crippen molar-refractivity contribution in [3.05, 3.63) is 29.0 Å². The molecule has 2 N–H and O–H groups in total. The summed E-state index contributed by atoms with van der Waals surface area (Å²) in [5.41, 5.74) is 0.0122. The van der Waals surface area contributed by atoms with E-state index in [1.165, 1.54) is 18.2 Å². The van der Waals surface area contributed by atoms with Gasteiger partial charge in [-0.25, -0.2) is 9.18 Å². The summed E-state index contributed by atoms with van der Waals surface area (Å²) < 4.78 is 13.3. The van der Waals surface area contributed by atoms with Crippen LogP contribution in [0.25, 0.3) is 0 Å². The average molecular weight is 245 g/mol. The van der Waals surface area contributed by atoms with Crippen molar-refractivity contribution < 1.29 is 9.18 Å². The summed E-state index contributed by atoms with van der Waals surface area (Å²) in [6.45, 7) is 2.59. The van der Waals surface area contributed by atoms with Gasteiger partial charge in [0, 0.05) is 6.54 Å². The summed E-state index contributed by atoms with van der Waals surface area (Å²) in [6.07, 6.45) is 1.87. The van der Waals surface area contributed by atoms with E-state index in [0.29, 0.717) is 6.54 Å². The van der Waals surface area contributed by atoms with Gasteiger partial charge in [-0.3, -0.25) is 0 Å². The normalized spacial score (nSPS) is 9.94. The van der Waals surface area contributed by atoms with E-state index in [2.05, 4.69) is 10.6 Å². The van der Waals surface area contributed by atoms with Crippen LogP contribution in [0.3, 0.4) is 0 Å². The minimum atomic E-state index is -0.543. The summed E-state index contributed by atoms with van der Waals surface area (Å²) in [4.78, 5) is 11.3. The summed E-state index contributed by atoms with van der Waals surface area (Å²) in [5.74, 6) is -0.543. The molecule has 1 rings (SSSR count). The van der Waals surface area contributed by atoms with E-state index < -0.39 is 11.8 Å². The molecule has 0 spiro atoms. The van der Waals surface area contributed by atoms with E-state index in [4.69, 9.17) is 11.6 Å². The zero-order valence-corrected chi connectivity index (χ0v) is 9.77. The zero-order chi connectivity index (χ0) is 12.0. The molecule has 0 bridgehead atoms. The van der Waals surface area contributed by atoms with Gasteiger partial charge in [0.2, 0.25) is 0 Å². The predicted molar refractivity (Wildman–Crippen MR) is 63.3 cm³/mol. The number of carbonyl (C=O) groups excluding carboxylic acids is 1. The van der Waals surface area contributed by atoms with Gasteiger partial charge in [-0.05, 0) is 18.6 Å². The van der Waals surface area contributed by atoms with Crippen LogP contribution in [0.1, 0.15) is 19.8 Å². The average Bonchev–Trinajstić information content (AvgIpc) is 2.24. The minimum absolute atomic E-state index is 0.0122. The number of nitrogens with one attached hydrogen (secondary N) is 2. The maximum absolute atomic E-state index is 13.3. The largest absolute Gasteiger partial charge is 0.338 e. The Morgan fingerprint density at radius 3 is 2.88 bits per heavy atom. The molecule has 0 aliphatic carbocycles. The van der Waals surface area contributed by atoms with E-state index in [0.717, 1.165) is 12.8 Å². The SMILES string of the molecule is CCCCNC(=O)Nc1c(F)cccc1Cl. The quantitative estimate of drug-likeness (QED) is 0.783. The van der Waals surface area contributed by atoms with Crippen LogP contribution < -0.4 is 10.6 Å². The summed E-state index contributed by atoms with van der Waals surface area (Å²) in [5, 5.41) is 5.18. The van der Waals surface area contributed by atoms with Crippen molar-refractivity contribution in [3.63, 3.8) is 0 Å². The van der Waals surface area contributed by atoms with Crippen LogP contribution in [0, 0.1) is 5.82 Å². The molecule has 0 aliphatic rings. The van der Waals surface area contributed by atoms with Crippen molar-refractivity contribution in [2.75, 3.05) is 11.9 Å². The number of halogens is 2. The smallest absolute Gasteiger partial charge is 0.319 e. The zero-order valence-electron chi connectivity index (χ0n) is 9.02. The molecule has 3 nitrogen and oxygen atoms in total. The number of urea groups is 1. The van der Waals surface area contributed by atoms with Crippen molar-refractivity contribution >= 4 is 23.3 Å². The summed E-state index contributed by atoms with van der Waals surface area (Å²) in [7, 11) is 0. The van der Waals surface area contributed by atoms with E-state index in [1.807, 2.05) is 6.92 Å². The lowest BCUT2D eigenvalue weighted by molar-refractivity contribution is 0.252. The Balaban J connectivity index is 2.56. The molecule has 16 heavy (non-hydrogen) atoms. The molecule has 0 saturated heterocycles. The topological polar surface area (TPSA) is 41.1 Å². The maximum atomic E-state index is 13.3. The Labute approximate surface area is 99.0 Å². The van der Waals surface area contributed by atoms with E-state index in [9.17, 15) is 9.18 Å². The third-order valence-corrected chi connectivity index (χ3v) is 2.33. The third-order valence-electron chi connectivity index (χ3n) is 2.02. The number of hydrogen-bond acceptors (Lipinski definition) is 1. The third kappa shape index (κ3) is 3.70. The first-order chi connectivity index (χ1) is 7.65. The Hall–Kier alpha value is -1.29. The van der Waals surface area contributed by atoms with E-state index in [1.54, 1.807) is 0 Å². The van der Waals surface area contributed by atoms with Gasteiger partial charge in [0.15, 0.2) is 0 Å². The second-order valence-electron chi connectivity index (χ2n) is 3.33. The minimum Gasteiger partial charge on any atom is -0.338 e. The number of amides is 2. The van der Waals surface area contributed by atoms with Gasteiger partial charge in [-0.1, -0.05) is 31.0 Å². The van der Waals surface area contributed by atoms with Crippen LogP contribution in [-0.4, -0.2) is 12.6 Å². The molecular weight excluding hydrogens is 231 g/mol. The fourth-order valence-corrected chi connectivity index (χ4v) is 1.36. The molecule has 0 unspecified atom stereocenters. The molecule has 88 valence electrons. The van der Waals surface area contributed by atoms with Crippen molar-refractivity contribution in [2.45, 2.75) is 19.8 Å². The molecule has 1 aromatic rings. The van der Waals surface area contributed by atoms with Gasteiger partial charge in [0.25, 0.3) is 0 Å². The van der Waals surface area contributed by atoms with Crippen LogP contribution >= 0.6 is 11.6 Å². The Morgan fingerprint density at radius 1 is 1.50 bits per heavy atom. The van der Waals surface area contributed by atoms with Gasteiger partial charge in [0.1, 0.15) is 5.82 Å². The molecule has 0 radical (unpaired) electrons. The molecule has 0 saturated carbocycles. The van der Waals surface area contributed by atoms with Crippen LogP contribution in [0.15, 0.2) is 18.2 Å². The molecule has 0 fully saturated rings. The lowest BCUT2D eigenvalue weighted by Gasteiger charge is -2.09. The molecule has 5 heteroatoms. The fraction of sp³-hybridized carbons (Fsp3) is 0.364. The van der Waals surface area contributed by atoms with Crippen molar-refractivity contribution in [1.29, 1.82) is 0 Å². The second kappa shape index (κ2) is 6.33. The molecule has 0 heterocycles. The lowest BCUT2D eigenvalue weighted by atomic mass is 10.3. The first-order valence-electron chi connectivity index (χ1n) is 5.14. The molecule has 0 aliphatic heterocycles. The van der Waals surface area contributed by atoms with Crippen LogP contribution in [-0.2, 0) is 0 Å². The van der Waals surface area contributed by atoms with Crippen LogP contribution in [0.4, 0.5) is 14.9 Å². The Bertz CT molecular complexity index is 351. The van der Waals surface area contributed by atoms with Gasteiger partial charge >= 0.3 is 6.03 Å². The van der Waals surface area contributed by atoms with Crippen molar-refractivity contribution in [3.8, 4) is 0 Å². The standard InChI is InChI=1S/C11H14ClFN2O/c1-2-3-7-14-11(16)15-10-8(12)5-4-6-9(10)13/h4-6H,2-3,7H2,1H3,(H2,14,15,16).